The third kappa shape index (κ3) is 4.31. The van der Waals surface area contributed by atoms with Crippen molar-refractivity contribution in [3.63, 3.8) is 0 Å². The minimum atomic E-state index is -0.612. The fourth-order valence-electron chi connectivity index (χ4n) is 2.55. The van der Waals surface area contributed by atoms with E-state index < -0.39 is 5.60 Å². The Bertz CT molecular complexity index is 433. The second-order valence-corrected chi connectivity index (χ2v) is 6.27. The van der Waals surface area contributed by atoms with E-state index in [2.05, 4.69) is 36.5 Å². The molecule has 20 heavy (non-hydrogen) atoms. The lowest BCUT2D eigenvalue weighted by molar-refractivity contribution is 0.0380. The van der Waals surface area contributed by atoms with Crippen molar-refractivity contribution < 1.29 is 5.11 Å². The van der Waals surface area contributed by atoms with Gasteiger partial charge in [-0.15, -0.1) is 0 Å². The molecule has 1 aliphatic carbocycles. The molecule has 0 saturated heterocycles. The van der Waals surface area contributed by atoms with Gasteiger partial charge in [-0.2, -0.15) is 4.98 Å². The molecule has 1 aromatic heterocycles. The number of anilines is 2. The van der Waals surface area contributed by atoms with Crippen molar-refractivity contribution in [3.8, 4) is 0 Å². The zero-order valence-electron chi connectivity index (χ0n) is 12.0. The Kier molecular flexibility index (Phi) is 5.60. The molecule has 0 radical (unpaired) electrons. The second kappa shape index (κ2) is 7.22. The molecule has 5 nitrogen and oxygen atoms in total. The zero-order valence-corrected chi connectivity index (χ0v) is 13.5. The van der Waals surface area contributed by atoms with Crippen LogP contribution in [-0.2, 0) is 0 Å². The number of nitrogens with one attached hydrogen (secondary N) is 2. The highest BCUT2D eigenvalue weighted by Crippen LogP contribution is 2.28. The second-order valence-electron chi connectivity index (χ2n) is 5.41. The van der Waals surface area contributed by atoms with Gasteiger partial charge >= 0.3 is 0 Å². The quantitative estimate of drug-likeness (QED) is 0.717. The molecule has 0 amide bonds. The molecular formula is C14H23BrN4O. The van der Waals surface area contributed by atoms with Crippen molar-refractivity contribution >= 4 is 27.7 Å². The Labute approximate surface area is 128 Å². The summed E-state index contributed by atoms with van der Waals surface area (Å²) in [5.41, 5.74) is -0.612. The summed E-state index contributed by atoms with van der Waals surface area (Å²) < 4.78 is 0.816. The Morgan fingerprint density at radius 2 is 1.95 bits per heavy atom. The lowest BCUT2D eigenvalue weighted by Crippen LogP contribution is -2.36. The summed E-state index contributed by atoms with van der Waals surface area (Å²) in [6, 6.07) is 0. The first-order valence-corrected chi connectivity index (χ1v) is 8.15. The smallest absolute Gasteiger partial charge is 0.224 e. The summed E-state index contributed by atoms with van der Waals surface area (Å²) in [6.07, 6.45) is 8.11. The van der Waals surface area contributed by atoms with E-state index >= 15 is 0 Å². The van der Waals surface area contributed by atoms with Gasteiger partial charge in [0.1, 0.15) is 5.82 Å². The molecule has 1 aromatic rings. The highest BCUT2D eigenvalue weighted by molar-refractivity contribution is 9.10. The van der Waals surface area contributed by atoms with Crippen molar-refractivity contribution in [3.05, 3.63) is 10.7 Å². The van der Waals surface area contributed by atoms with E-state index in [9.17, 15) is 5.11 Å². The van der Waals surface area contributed by atoms with Crippen LogP contribution in [0.15, 0.2) is 10.7 Å². The molecule has 112 valence electrons. The molecule has 0 aliphatic heterocycles. The predicted molar refractivity (Wildman–Crippen MR) is 85.0 cm³/mol. The Morgan fingerprint density at radius 1 is 1.25 bits per heavy atom. The van der Waals surface area contributed by atoms with Crippen LogP contribution in [-0.4, -0.2) is 33.8 Å². The SMILES string of the molecule is CCNc1ncc(Br)c(NCC2(O)CCCCCC2)n1. The summed E-state index contributed by atoms with van der Waals surface area (Å²) >= 11 is 3.44. The van der Waals surface area contributed by atoms with Crippen molar-refractivity contribution in [2.45, 2.75) is 51.0 Å². The largest absolute Gasteiger partial charge is 0.388 e. The summed E-state index contributed by atoms with van der Waals surface area (Å²) in [5.74, 6) is 1.33. The number of hydrogen-bond donors (Lipinski definition) is 3. The Hall–Kier alpha value is -0.880. The lowest BCUT2D eigenvalue weighted by Gasteiger charge is -2.27. The van der Waals surface area contributed by atoms with Crippen LogP contribution in [0.2, 0.25) is 0 Å². The normalized spacial score (nSPS) is 18.4. The van der Waals surface area contributed by atoms with Gasteiger partial charge < -0.3 is 15.7 Å². The van der Waals surface area contributed by atoms with Gasteiger partial charge in [-0.1, -0.05) is 25.7 Å². The van der Waals surface area contributed by atoms with E-state index in [-0.39, 0.29) is 0 Å². The Balaban J connectivity index is 2.00. The van der Waals surface area contributed by atoms with Crippen LogP contribution in [0.1, 0.15) is 45.4 Å². The van der Waals surface area contributed by atoms with Crippen LogP contribution in [0.4, 0.5) is 11.8 Å². The fourth-order valence-corrected chi connectivity index (χ4v) is 2.88. The summed E-state index contributed by atoms with van der Waals surface area (Å²) in [5, 5.41) is 17.0. The van der Waals surface area contributed by atoms with Crippen LogP contribution in [0.3, 0.4) is 0 Å². The number of halogens is 1. The molecule has 6 heteroatoms. The van der Waals surface area contributed by atoms with E-state index in [0.717, 1.165) is 42.5 Å². The van der Waals surface area contributed by atoms with Crippen molar-refractivity contribution in [1.82, 2.24) is 9.97 Å². The van der Waals surface area contributed by atoms with Crippen LogP contribution in [0.5, 0.6) is 0 Å². The van der Waals surface area contributed by atoms with Gasteiger partial charge in [0.25, 0.3) is 0 Å². The van der Waals surface area contributed by atoms with E-state index in [1.165, 1.54) is 12.8 Å². The number of rotatable bonds is 5. The molecule has 1 fully saturated rings. The average molecular weight is 343 g/mol. The first-order valence-electron chi connectivity index (χ1n) is 7.36. The molecule has 1 saturated carbocycles. The van der Waals surface area contributed by atoms with Gasteiger partial charge in [0.2, 0.25) is 5.95 Å². The Morgan fingerprint density at radius 3 is 2.60 bits per heavy atom. The third-order valence-corrected chi connectivity index (χ3v) is 4.28. The van der Waals surface area contributed by atoms with Crippen LogP contribution in [0.25, 0.3) is 0 Å². The number of aromatic nitrogens is 2. The van der Waals surface area contributed by atoms with Gasteiger partial charge in [-0.3, -0.25) is 0 Å². The molecule has 2 rings (SSSR count). The zero-order chi connectivity index (χ0) is 14.4. The molecule has 0 unspecified atom stereocenters. The van der Waals surface area contributed by atoms with Gasteiger partial charge in [0.05, 0.1) is 10.1 Å². The maximum Gasteiger partial charge on any atom is 0.224 e. The molecule has 0 aromatic carbocycles. The highest BCUT2D eigenvalue weighted by atomic mass is 79.9. The first kappa shape index (κ1) is 15.5. The topological polar surface area (TPSA) is 70.1 Å². The lowest BCUT2D eigenvalue weighted by atomic mass is 9.94. The number of aliphatic hydroxyl groups is 1. The minimum absolute atomic E-state index is 0.536. The van der Waals surface area contributed by atoms with Crippen molar-refractivity contribution in [2.75, 3.05) is 23.7 Å². The molecule has 3 N–H and O–H groups in total. The molecular weight excluding hydrogens is 320 g/mol. The maximum atomic E-state index is 10.6. The van der Waals surface area contributed by atoms with Crippen LogP contribution >= 0.6 is 15.9 Å². The fraction of sp³-hybridized carbons (Fsp3) is 0.714. The molecule has 0 spiro atoms. The number of nitrogens with zero attached hydrogens (tertiary/aromatic N) is 2. The standard InChI is InChI=1S/C14H23BrN4O/c1-2-16-13-17-9-11(15)12(19-13)18-10-14(20)7-5-3-4-6-8-14/h9,20H,2-8,10H2,1H3,(H2,16,17,18,19). The van der Waals surface area contributed by atoms with E-state index in [1.807, 2.05) is 6.92 Å². The third-order valence-electron chi connectivity index (χ3n) is 3.70. The predicted octanol–water partition coefficient (Wildman–Crippen LogP) is 3.17. The summed E-state index contributed by atoms with van der Waals surface area (Å²) in [6.45, 7) is 3.33. The van der Waals surface area contributed by atoms with E-state index in [1.54, 1.807) is 6.20 Å². The molecule has 1 aliphatic rings. The number of hydrogen-bond acceptors (Lipinski definition) is 5. The first-order chi connectivity index (χ1) is 9.63. The monoisotopic (exact) mass is 342 g/mol. The van der Waals surface area contributed by atoms with Crippen molar-refractivity contribution in [1.29, 1.82) is 0 Å². The minimum Gasteiger partial charge on any atom is -0.388 e. The molecule has 1 heterocycles. The van der Waals surface area contributed by atoms with Gasteiger partial charge in [-0.25, -0.2) is 4.98 Å². The summed E-state index contributed by atoms with van der Waals surface area (Å²) in [7, 11) is 0. The molecule has 0 bridgehead atoms. The van der Waals surface area contributed by atoms with E-state index in [4.69, 9.17) is 0 Å². The van der Waals surface area contributed by atoms with Crippen molar-refractivity contribution in [2.24, 2.45) is 0 Å². The summed E-state index contributed by atoms with van der Waals surface area (Å²) in [4.78, 5) is 8.59. The highest BCUT2D eigenvalue weighted by Gasteiger charge is 2.28. The molecule has 0 atom stereocenters. The van der Waals surface area contributed by atoms with Gasteiger partial charge in [0, 0.05) is 19.3 Å². The maximum absolute atomic E-state index is 10.6. The van der Waals surface area contributed by atoms with Gasteiger partial charge in [-0.05, 0) is 35.7 Å². The average Bonchev–Trinajstić information content (AvgIpc) is 2.65. The van der Waals surface area contributed by atoms with E-state index in [0.29, 0.717) is 12.5 Å². The van der Waals surface area contributed by atoms with Crippen LogP contribution in [0, 0.1) is 0 Å². The van der Waals surface area contributed by atoms with Crippen LogP contribution < -0.4 is 10.6 Å². The van der Waals surface area contributed by atoms with Gasteiger partial charge in [0.15, 0.2) is 0 Å².